The molecule has 1 saturated heterocycles. The predicted molar refractivity (Wildman–Crippen MR) is 107 cm³/mol. The van der Waals surface area contributed by atoms with Gasteiger partial charge in [-0.2, -0.15) is 0 Å². The first kappa shape index (κ1) is 18.4. The molecule has 1 aliphatic rings. The number of anilines is 1. The number of nitrogens with zero attached hydrogens (tertiary/aromatic N) is 2. The maximum Gasteiger partial charge on any atom is 0.223 e. The number of carbonyl (C=O) groups excluding carboxylic acids is 1. The van der Waals surface area contributed by atoms with Gasteiger partial charge in [-0.15, -0.1) is 11.8 Å². The van der Waals surface area contributed by atoms with Crippen LogP contribution in [0, 0.1) is 0 Å². The number of rotatable bonds is 5. The highest BCUT2D eigenvalue weighted by atomic mass is 35.5. The summed E-state index contributed by atoms with van der Waals surface area (Å²) in [6.07, 6.45) is 0.560. The molecule has 0 atom stereocenters. The van der Waals surface area contributed by atoms with Gasteiger partial charge in [0.2, 0.25) is 5.91 Å². The molecule has 25 heavy (non-hydrogen) atoms. The lowest BCUT2D eigenvalue weighted by Gasteiger charge is -2.36. The number of halogens is 2. The number of thioether (sulfide) groups is 1. The summed E-state index contributed by atoms with van der Waals surface area (Å²) in [5.74, 6) is 1.02. The first-order valence-corrected chi connectivity index (χ1v) is 10.0. The number of carbonyl (C=O) groups is 1. The van der Waals surface area contributed by atoms with Gasteiger partial charge in [0.15, 0.2) is 0 Å². The second-order valence-electron chi connectivity index (χ2n) is 5.90. The molecule has 1 fully saturated rings. The van der Waals surface area contributed by atoms with Gasteiger partial charge >= 0.3 is 0 Å². The van der Waals surface area contributed by atoms with Gasteiger partial charge in [0, 0.05) is 59.0 Å². The fourth-order valence-corrected chi connectivity index (χ4v) is 3.98. The van der Waals surface area contributed by atoms with Crippen LogP contribution in [0.3, 0.4) is 0 Å². The third-order valence-corrected chi connectivity index (χ3v) is 5.70. The minimum atomic E-state index is 0.229. The van der Waals surface area contributed by atoms with Gasteiger partial charge < -0.3 is 9.80 Å². The minimum Gasteiger partial charge on any atom is -0.368 e. The maximum absolute atomic E-state index is 12.4. The molecule has 0 aliphatic carbocycles. The van der Waals surface area contributed by atoms with Crippen LogP contribution in [0.2, 0.25) is 10.0 Å². The molecule has 1 aliphatic heterocycles. The molecular formula is C19H20Cl2N2OS. The topological polar surface area (TPSA) is 23.6 Å². The van der Waals surface area contributed by atoms with Crippen LogP contribution >= 0.6 is 35.0 Å². The van der Waals surface area contributed by atoms with Gasteiger partial charge in [-0.25, -0.2) is 0 Å². The smallest absolute Gasteiger partial charge is 0.223 e. The summed E-state index contributed by atoms with van der Waals surface area (Å²) >= 11 is 13.6. The third kappa shape index (κ3) is 5.30. The minimum absolute atomic E-state index is 0.229. The van der Waals surface area contributed by atoms with Crippen molar-refractivity contribution in [1.29, 1.82) is 0 Å². The third-order valence-electron chi connectivity index (χ3n) is 4.20. The van der Waals surface area contributed by atoms with E-state index >= 15 is 0 Å². The van der Waals surface area contributed by atoms with Gasteiger partial charge in [-0.05, 0) is 42.5 Å². The zero-order valence-electron chi connectivity index (χ0n) is 13.8. The van der Waals surface area contributed by atoms with Crippen LogP contribution in [0.25, 0.3) is 0 Å². The largest absolute Gasteiger partial charge is 0.368 e. The van der Waals surface area contributed by atoms with E-state index in [1.807, 2.05) is 47.4 Å². The SMILES string of the molecule is O=C(CCSc1ccc(Cl)cc1)N1CCN(c2cccc(Cl)c2)CC1. The van der Waals surface area contributed by atoms with Crippen LogP contribution in [0.15, 0.2) is 53.4 Å². The lowest BCUT2D eigenvalue weighted by molar-refractivity contribution is -0.131. The Hall–Kier alpha value is -1.36. The molecule has 0 N–H and O–H groups in total. The highest BCUT2D eigenvalue weighted by Crippen LogP contribution is 2.23. The van der Waals surface area contributed by atoms with Crippen molar-refractivity contribution < 1.29 is 4.79 Å². The summed E-state index contributed by atoms with van der Waals surface area (Å²) in [5, 5.41) is 1.48. The summed E-state index contributed by atoms with van der Waals surface area (Å²) < 4.78 is 0. The van der Waals surface area contributed by atoms with Crippen molar-refractivity contribution in [2.45, 2.75) is 11.3 Å². The van der Waals surface area contributed by atoms with Crippen LogP contribution < -0.4 is 4.90 Å². The second kappa shape index (κ2) is 8.84. The highest BCUT2D eigenvalue weighted by Gasteiger charge is 2.21. The molecule has 3 nitrogen and oxygen atoms in total. The Balaban J connectivity index is 1.43. The molecular weight excluding hydrogens is 375 g/mol. The quantitative estimate of drug-likeness (QED) is 0.678. The Labute approximate surface area is 162 Å². The molecule has 0 radical (unpaired) electrons. The van der Waals surface area contributed by atoms with E-state index in [0.717, 1.165) is 52.6 Å². The van der Waals surface area contributed by atoms with Crippen LogP contribution in [0.5, 0.6) is 0 Å². The van der Waals surface area contributed by atoms with Crippen LogP contribution in [-0.4, -0.2) is 42.7 Å². The Bertz CT molecular complexity index is 716. The van der Waals surface area contributed by atoms with Crippen molar-refractivity contribution in [3.63, 3.8) is 0 Å². The molecule has 0 bridgehead atoms. The van der Waals surface area contributed by atoms with Crippen molar-refractivity contribution >= 4 is 46.6 Å². The summed E-state index contributed by atoms with van der Waals surface area (Å²) in [5.41, 5.74) is 1.12. The van der Waals surface area contributed by atoms with Crippen LogP contribution in [0.1, 0.15) is 6.42 Å². The molecule has 0 spiro atoms. The van der Waals surface area contributed by atoms with E-state index < -0.39 is 0 Å². The Morgan fingerprint density at radius 2 is 1.68 bits per heavy atom. The zero-order chi connectivity index (χ0) is 17.6. The Morgan fingerprint density at radius 3 is 2.36 bits per heavy atom. The first-order valence-electron chi connectivity index (χ1n) is 8.28. The average Bonchev–Trinajstić information content (AvgIpc) is 2.63. The molecule has 0 aromatic heterocycles. The van der Waals surface area contributed by atoms with E-state index in [2.05, 4.69) is 11.0 Å². The number of hydrogen-bond acceptors (Lipinski definition) is 3. The normalized spacial score (nSPS) is 14.6. The zero-order valence-corrected chi connectivity index (χ0v) is 16.2. The fourth-order valence-electron chi connectivity index (χ4n) is 2.83. The van der Waals surface area contributed by atoms with Crippen molar-refractivity contribution in [2.75, 3.05) is 36.8 Å². The molecule has 2 aromatic carbocycles. The summed E-state index contributed by atoms with van der Waals surface area (Å²) in [6.45, 7) is 3.21. The molecule has 132 valence electrons. The van der Waals surface area contributed by atoms with E-state index in [1.54, 1.807) is 11.8 Å². The standard InChI is InChI=1S/C19H20Cl2N2OS/c20-15-4-6-18(7-5-15)25-13-8-19(24)23-11-9-22(10-12-23)17-3-1-2-16(21)14-17/h1-7,14H,8-13H2. The molecule has 2 aromatic rings. The number of amides is 1. The fraction of sp³-hybridized carbons (Fsp3) is 0.316. The summed E-state index contributed by atoms with van der Waals surface area (Å²) in [4.78, 5) is 17.8. The monoisotopic (exact) mass is 394 g/mol. The van der Waals surface area contributed by atoms with Crippen molar-refractivity contribution in [1.82, 2.24) is 4.90 Å². The van der Waals surface area contributed by atoms with Crippen LogP contribution in [-0.2, 0) is 4.79 Å². The van der Waals surface area contributed by atoms with Gasteiger partial charge in [-0.3, -0.25) is 4.79 Å². The lowest BCUT2D eigenvalue weighted by Crippen LogP contribution is -2.48. The van der Waals surface area contributed by atoms with E-state index in [1.165, 1.54) is 0 Å². The predicted octanol–water partition coefficient (Wildman–Crippen LogP) is 4.82. The van der Waals surface area contributed by atoms with E-state index in [0.29, 0.717) is 6.42 Å². The van der Waals surface area contributed by atoms with Gasteiger partial charge in [-0.1, -0.05) is 29.3 Å². The average molecular weight is 395 g/mol. The van der Waals surface area contributed by atoms with E-state index in [4.69, 9.17) is 23.2 Å². The van der Waals surface area contributed by atoms with Crippen LogP contribution in [0.4, 0.5) is 5.69 Å². The number of piperazine rings is 1. The lowest BCUT2D eigenvalue weighted by atomic mass is 10.2. The molecule has 0 unspecified atom stereocenters. The Kier molecular flexibility index (Phi) is 6.51. The van der Waals surface area contributed by atoms with Crippen molar-refractivity contribution in [2.24, 2.45) is 0 Å². The van der Waals surface area contributed by atoms with Gasteiger partial charge in [0.05, 0.1) is 0 Å². The van der Waals surface area contributed by atoms with Gasteiger partial charge in [0.25, 0.3) is 0 Å². The maximum atomic E-state index is 12.4. The molecule has 0 saturated carbocycles. The van der Waals surface area contributed by atoms with E-state index in [-0.39, 0.29) is 5.91 Å². The van der Waals surface area contributed by atoms with Crippen molar-refractivity contribution in [3.05, 3.63) is 58.6 Å². The molecule has 1 amide bonds. The molecule has 1 heterocycles. The summed E-state index contributed by atoms with van der Waals surface area (Å²) in [6, 6.07) is 15.6. The highest BCUT2D eigenvalue weighted by molar-refractivity contribution is 7.99. The molecule has 3 rings (SSSR count). The van der Waals surface area contributed by atoms with E-state index in [9.17, 15) is 4.79 Å². The second-order valence-corrected chi connectivity index (χ2v) is 7.94. The van der Waals surface area contributed by atoms with Gasteiger partial charge in [0.1, 0.15) is 0 Å². The number of hydrogen-bond donors (Lipinski definition) is 0. The summed E-state index contributed by atoms with van der Waals surface area (Å²) in [7, 11) is 0. The van der Waals surface area contributed by atoms with Crippen molar-refractivity contribution in [3.8, 4) is 0 Å². The Morgan fingerprint density at radius 1 is 0.960 bits per heavy atom. The number of benzene rings is 2. The first-order chi connectivity index (χ1) is 12.1. The molecule has 6 heteroatoms.